The number of aryl methyl sites for hydroxylation is 2. The molecule has 0 N–H and O–H groups in total. The van der Waals surface area contributed by atoms with E-state index in [1.807, 2.05) is 80.6 Å². The van der Waals surface area contributed by atoms with E-state index in [1.54, 1.807) is 29.2 Å². The molecule has 6 nitrogen and oxygen atoms in total. The molecule has 1 atom stereocenters. The summed E-state index contributed by atoms with van der Waals surface area (Å²) in [5.74, 6) is -0.942. The van der Waals surface area contributed by atoms with Crippen LogP contribution in [0.1, 0.15) is 43.9 Å². The zero-order valence-electron chi connectivity index (χ0n) is 22.5. The summed E-state index contributed by atoms with van der Waals surface area (Å²) in [6.07, 6.45) is 0. The van der Waals surface area contributed by atoms with Crippen molar-refractivity contribution in [2.75, 3.05) is 4.90 Å². The number of carbonyl (C=O) groups is 2. The molecule has 7 rings (SSSR count). The van der Waals surface area contributed by atoms with Crippen LogP contribution in [0.4, 0.5) is 5.69 Å². The lowest BCUT2D eigenvalue weighted by Crippen LogP contribution is -2.52. The predicted octanol–water partition coefficient (Wildman–Crippen LogP) is 6.51. The van der Waals surface area contributed by atoms with E-state index in [4.69, 9.17) is 16.0 Å². The second kappa shape index (κ2) is 9.18. The SMILES string of the molecule is Cc1cc2oc3c(c(=O)c2cc1C)C1(C(=O)N(Cc2ccc(Cl)cc2)c2ccccc21)N(Cc1ccccc1)C3=O. The highest BCUT2D eigenvalue weighted by Crippen LogP contribution is 2.53. The maximum Gasteiger partial charge on any atom is 0.291 e. The molecule has 0 bridgehead atoms. The molecule has 2 amide bonds. The molecule has 202 valence electrons. The topological polar surface area (TPSA) is 70.8 Å². The standard InChI is InChI=1S/C34H25ClN2O4/c1-20-16-25-28(17-21(20)2)41-31-29(30(25)38)34(37(32(31)39)19-22-8-4-3-5-9-22)26-10-6-7-11-27(26)36(33(34)40)18-23-12-14-24(35)15-13-23/h3-17H,18-19H2,1-2H3. The predicted molar refractivity (Wildman–Crippen MR) is 158 cm³/mol. The molecule has 0 fully saturated rings. The molecule has 41 heavy (non-hydrogen) atoms. The van der Waals surface area contributed by atoms with Crippen LogP contribution >= 0.6 is 11.6 Å². The first-order valence-corrected chi connectivity index (χ1v) is 13.8. The summed E-state index contributed by atoms with van der Waals surface area (Å²) in [5.41, 5.74) is 3.14. The number of anilines is 1. The second-order valence-electron chi connectivity index (χ2n) is 10.7. The van der Waals surface area contributed by atoms with Gasteiger partial charge in [0.2, 0.25) is 5.76 Å². The van der Waals surface area contributed by atoms with Crippen molar-refractivity contribution in [2.24, 2.45) is 0 Å². The van der Waals surface area contributed by atoms with Crippen LogP contribution in [0, 0.1) is 13.8 Å². The molecule has 0 aliphatic carbocycles. The zero-order chi connectivity index (χ0) is 28.5. The summed E-state index contributed by atoms with van der Waals surface area (Å²) in [5, 5.41) is 0.944. The highest BCUT2D eigenvalue weighted by atomic mass is 35.5. The summed E-state index contributed by atoms with van der Waals surface area (Å²) < 4.78 is 6.24. The number of benzene rings is 4. The number of carbonyl (C=O) groups excluding carboxylic acids is 2. The van der Waals surface area contributed by atoms with Crippen LogP contribution in [0.2, 0.25) is 5.02 Å². The molecule has 3 heterocycles. The van der Waals surface area contributed by atoms with E-state index in [0.717, 1.165) is 22.3 Å². The Balaban J connectivity index is 1.52. The molecule has 1 unspecified atom stereocenters. The molecule has 5 aromatic rings. The fraction of sp³-hybridized carbons (Fsp3) is 0.147. The van der Waals surface area contributed by atoms with Crippen LogP contribution in [0.15, 0.2) is 100 Å². The van der Waals surface area contributed by atoms with Gasteiger partial charge in [0.1, 0.15) is 5.58 Å². The molecule has 0 radical (unpaired) electrons. The van der Waals surface area contributed by atoms with Gasteiger partial charge in [0.05, 0.1) is 23.2 Å². The smallest absolute Gasteiger partial charge is 0.291 e. The maximum absolute atomic E-state index is 14.9. The molecule has 0 saturated heterocycles. The van der Waals surface area contributed by atoms with E-state index in [-0.39, 0.29) is 35.7 Å². The van der Waals surface area contributed by atoms with Gasteiger partial charge in [-0.2, -0.15) is 0 Å². The van der Waals surface area contributed by atoms with Gasteiger partial charge in [-0.15, -0.1) is 0 Å². The average Bonchev–Trinajstić information content (AvgIpc) is 3.36. The molecule has 0 saturated carbocycles. The van der Waals surface area contributed by atoms with E-state index < -0.39 is 11.4 Å². The number of fused-ring (bicyclic) bond motifs is 5. The summed E-state index contributed by atoms with van der Waals surface area (Å²) >= 11 is 6.12. The van der Waals surface area contributed by atoms with E-state index in [9.17, 15) is 14.4 Å². The molecule has 2 aliphatic heterocycles. The summed E-state index contributed by atoms with van der Waals surface area (Å²) in [6.45, 7) is 4.22. The number of rotatable bonds is 4. The van der Waals surface area contributed by atoms with Crippen LogP contribution in [0.5, 0.6) is 0 Å². The minimum absolute atomic E-state index is 0.0743. The fourth-order valence-corrected chi connectivity index (χ4v) is 6.29. The molecule has 1 aromatic heterocycles. The fourth-order valence-electron chi connectivity index (χ4n) is 6.16. The summed E-state index contributed by atoms with van der Waals surface area (Å²) in [6, 6.07) is 27.7. The van der Waals surface area contributed by atoms with Gasteiger partial charge in [-0.25, -0.2) is 0 Å². The normalized spacial score (nSPS) is 17.5. The molecule has 4 aromatic carbocycles. The first-order valence-electron chi connectivity index (χ1n) is 13.4. The van der Waals surface area contributed by atoms with Crippen LogP contribution in [0.25, 0.3) is 11.0 Å². The summed E-state index contributed by atoms with van der Waals surface area (Å²) in [7, 11) is 0. The number of hydrogen-bond acceptors (Lipinski definition) is 4. The third-order valence-electron chi connectivity index (χ3n) is 8.29. The van der Waals surface area contributed by atoms with Crippen LogP contribution in [-0.2, 0) is 23.4 Å². The lowest BCUT2D eigenvalue weighted by atomic mass is 9.83. The van der Waals surface area contributed by atoms with Crippen LogP contribution < -0.4 is 10.3 Å². The van der Waals surface area contributed by atoms with Gasteiger partial charge in [-0.05, 0) is 66.4 Å². The van der Waals surface area contributed by atoms with Gasteiger partial charge < -0.3 is 14.2 Å². The minimum Gasteiger partial charge on any atom is -0.450 e. The molecular formula is C34H25ClN2O4. The van der Waals surface area contributed by atoms with Crippen molar-refractivity contribution in [3.8, 4) is 0 Å². The quantitative estimate of drug-likeness (QED) is 0.251. The first-order chi connectivity index (χ1) is 19.8. The van der Waals surface area contributed by atoms with E-state index in [0.29, 0.717) is 27.2 Å². The van der Waals surface area contributed by atoms with Crippen molar-refractivity contribution in [1.82, 2.24) is 4.90 Å². The van der Waals surface area contributed by atoms with Crippen molar-refractivity contribution in [3.05, 3.63) is 145 Å². The van der Waals surface area contributed by atoms with Crippen molar-refractivity contribution in [2.45, 2.75) is 32.5 Å². The van der Waals surface area contributed by atoms with Crippen LogP contribution in [-0.4, -0.2) is 16.7 Å². The second-order valence-corrected chi connectivity index (χ2v) is 11.1. The summed E-state index contributed by atoms with van der Waals surface area (Å²) in [4.78, 5) is 46.8. The zero-order valence-corrected chi connectivity index (χ0v) is 23.2. The maximum atomic E-state index is 14.9. The lowest BCUT2D eigenvalue weighted by Gasteiger charge is -2.34. The Morgan fingerprint density at radius 1 is 0.780 bits per heavy atom. The number of amides is 2. The Bertz CT molecular complexity index is 1950. The highest BCUT2D eigenvalue weighted by Gasteiger charge is 2.65. The lowest BCUT2D eigenvalue weighted by molar-refractivity contribution is -0.126. The Morgan fingerprint density at radius 3 is 2.20 bits per heavy atom. The van der Waals surface area contributed by atoms with Gasteiger partial charge in [-0.3, -0.25) is 14.4 Å². The minimum atomic E-state index is -1.68. The average molecular weight is 561 g/mol. The van der Waals surface area contributed by atoms with Gasteiger partial charge in [0.15, 0.2) is 11.0 Å². The molecule has 7 heteroatoms. The van der Waals surface area contributed by atoms with E-state index >= 15 is 0 Å². The van der Waals surface area contributed by atoms with Crippen molar-refractivity contribution < 1.29 is 14.0 Å². The molecule has 1 spiro atoms. The number of halogens is 1. The molecule has 2 aliphatic rings. The Labute approximate surface area is 241 Å². The van der Waals surface area contributed by atoms with Gasteiger partial charge in [0, 0.05) is 17.1 Å². The van der Waals surface area contributed by atoms with Crippen molar-refractivity contribution in [1.29, 1.82) is 0 Å². The monoisotopic (exact) mass is 560 g/mol. The van der Waals surface area contributed by atoms with E-state index in [2.05, 4.69) is 0 Å². The third kappa shape index (κ3) is 3.60. The number of para-hydroxylation sites is 1. The Kier molecular flexibility index (Phi) is 5.66. The third-order valence-corrected chi connectivity index (χ3v) is 8.54. The Hall–Kier alpha value is -4.68. The van der Waals surface area contributed by atoms with Gasteiger partial charge in [-0.1, -0.05) is 72.3 Å². The van der Waals surface area contributed by atoms with Crippen molar-refractivity contribution >= 4 is 40.1 Å². The van der Waals surface area contributed by atoms with Gasteiger partial charge >= 0.3 is 0 Å². The van der Waals surface area contributed by atoms with Crippen LogP contribution in [0.3, 0.4) is 0 Å². The first kappa shape index (κ1) is 25.3. The number of hydrogen-bond donors (Lipinski definition) is 0. The van der Waals surface area contributed by atoms with E-state index in [1.165, 1.54) is 4.90 Å². The molecular weight excluding hydrogens is 536 g/mol. The van der Waals surface area contributed by atoms with Crippen molar-refractivity contribution in [3.63, 3.8) is 0 Å². The number of nitrogens with zero attached hydrogens (tertiary/aromatic N) is 2. The Morgan fingerprint density at radius 2 is 1.44 bits per heavy atom. The highest BCUT2D eigenvalue weighted by molar-refractivity contribution is 6.30. The van der Waals surface area contributed by atoms with Gasteiger partial charge in [0.25, 0.3) is 11.8 Å². The largest absolute Gasteiger partial charge is 0.450 e.